The Morgan fingerprint density at radius 3 is 2.60 bits per heavy atom. The highest BCUT2D eigenvalue weighted by molar-refractivity contribution is 7.99. The van der Waals surface area contributed by atoms with E-state index in [1.54, 1.807) is 37.5 Å². The summed E-state index contributed by atoms with van der Waals surface area (Å²) >= 11 is 1.56. The molecule has 1 saturated carbocycles. The number of nitrogens with zero attached hydrogens (tertiary/aromatic N) is 6. The number of fused-ring (bicyclic) bond motifs is 1. The molecular formula is C19H21F3N6OS. The molecule has 0 radical (unpaired) electrons. The Morgan fingerprint density at radius 2 is 2.03 bits per heavy atom. The highest BCUT2D eigenvalue weighted by Crippen LogP contribution is 2.47. The predicted molar refractivity (Wildman–Crippen MR) is 108 cm³/mol. The van der Waals surface area contributed by atoms with Crippen molar-refractivity contribution in [1.29, 1.82) is 0 Å². The number of halogens is 3. The zero-order valence-corrected chi connectivity index (χ0v) is 17.8. The number of aryl methyl sites for hydroxylation is 1. The van der Waals surface area contributed by atoms with Gasteiger partial charge in [0.2, 0.25) is 0 Å². The lowest BCUT2D eigenvalue weighted by Crippen LogP contribution is -2.29. The fraction of sp³-hybridized carbons (Fsp3) is 0.474. The molecule has 7 nitrogen and oxygen atoms in total. The van der Waals surface area contributed by atoms with E-state index >= 15 is 0 Å². The van der Waals surface area contributed by atoms with Crippen LogP contribution in [0.15, 0.2) is 17.2 Å². The van der Waals surface area contributed by atoms with Crippen LogP contribution in [0.1, 0.15) is 37.1 Å². The van der Waals surface area contributed by atoms with Gasteiger partial charge < -0.3 is 9.47 Å². The Hall–Kier alpha value is -2.56. The smallest absolute Gasteiger partial charge is 0.329 e. The second-order valence-electron chi connectivity index (χ2n) is 7.41. The topological polar surface area (TPSA) is 68.8 Å². The fourth-order valence-electron chi connectivity index (χ4n) is 3.36. The Balaban J connectivity index is 1.93. The van der Waals surface area contributed by atoms with E-state index in [9.17, 15) is 18.0 Å². The maximum Gasteiger partial charge on any atom is 0.433 e. The standard InChI is InChI=1S/C19H21F3N6OS/c1-5-30-16-14(25-28(18(29)26(2)3)15(16)10-6-7-10)17-24-11-8-13(19(20,21)22)23-9-12(11)27(17)4/h8-10H,5-7H2,1-4H3. The molecule has 1 fully saturated rings. The van der Waals surface area contributed by atoms with Crippen molar-refractivity contribution in [2.45, 2.75) is 36.8 Å². The predicted octanol–water partition coefficient (Wildman–Crippen LogP) is 4.37. The first-order chi connectivity index (χ1) is 14.1. The molecule has 1 amide bonds. The number of carbonyl (C=O) groups excluding carboxylic acids is 1. The normalized spacial score (nSPS) is 14.5. The van der Waals surface area contributed by atoms with Gasteiger partial charge in [0.05, 0.1) is 27.8 Å². The molecule has 0 atom stereocenters. The van der Waals surface area contributed by atoms with Gasteiger partial charge in [-0.3, -0.25) is 0 Å². The Bertz CT molecular complexity index is 1130. The highest BCUT2D eigenvalue weighted by Gasteiger charge is 2.37. The van der Waals surface area contributed by atoms with Crippen LogP contribution in [0.4, 0.5) is 18.0 Å². The van der Waals surface area contributed by atoms with E-state index in [-0.39, 0.29) is 17.5 Å². The maximum absolute atomic E-state index is 13.1. The van der Waals surface area contributed by atoms with Crippen LogP contribution in [0.25, 0.3) is 22.6 Å². The fourth-order valence-corrected chi connectivity index (χ4v) is 4.31. The van der Waals surface area contributed by atoms with Gasteiger partial charge in [-0.2, -0.15) is 23.0 Å². The molecule has 1 aliphatic rings. The summed E-state index contributed by atoms with van der Waals surface area (Å²) < 4.78 is 42.3. The molecule has 30 heavy (non-hydrogen) atoms. The number of imidazole rings is 1. The van der Waals surface area contributed by atoms with E-state index in [0.29, 0.717) is 17.0 Å². The molecule has 0 unspecified atom stereocenters. The average molecular weight is 438 g/mol. The van der Waals surface area contributed by atoms with Crippen molar-refractivity contribution in [3.05, 3.63) is 23.7 Å². The molecule has 3 heterocycles. The molecular weight excluding hydrogens is 417 g/mol. The second-order valence-corrected chi connectivity index (χ2v) is 8.68. The maximum atomic E-state index is 13.1. The van der Waals surface area contributed by atoms with Gasteiger partial charge in [0.1, 0.15) is 11.4 Å². The minimum Gasteiger partial charge on any atom is -0.329 e. The van der Waals surface area contributed by atoms with Crippen LogP contribution >= 0.6 is 11.8 Å². The SMILES string of the molecule is CCSc1c(-c2nc3cc(C(F)(F)F)ncc3n2C)nn(C(=O)N(C)C)c1C1CC1. The van der Waals surface area contributed by atoms with Crippen molar-refractivity contribution in [2.75, 3.05) is 19.8 Å². The van der Waals surface area contributed by atoms with E-state index < -0.39 is 11.9 Å². The third-order valence-electron chi connectivity index (χ3n) is 4.96. The molecule has 4 rings (SSSR count). The van der Waals surface area contributed by atoms with Gasteiger partial charge in [0.15, 0.2) is 5.82 Å². The van der Waals surface area contributed by atoms with Crippen molar-refractivity contribution < 1.29 is 18.0 Å². The highest BCUT2D eigenvalue weighted by atomic mass is 32.2. The van der Waals surface area contributed by atoms with Gasteiger partial charge >= 0.3 is 12.2 Å². The Kier molecular flexibility index (Phi) is 5.03. The molecule has 0 bridgehead atoms. The van der Waals surface area contributed by atoms with Crippen LogP contribution in [-0.4, -0.2) is 55.1 Å². The Labute approximate surface area is 175 Å². The number of pyridine rings is 1. The number of rotatable bonds is 4. The van der Waals surface area contributed by atoms with Gasteiger partial charge in [0, 0.05) is 27.1 Å². The quantitative estimate of drug-likeness (QED) is 0.566. The Morgan fingerprint density at radius 1 is 1.33 bits per heavy atom. The van der Waals surface area contributed by atoms with Crippen LogP contribution < -0.4 is 0 Å². The van der Waals surface area contributed by atoms with E-state index in [1.165, 1.54) is 15.8 Å². The van der Waals surface area contributed by atoms with Crippen molar-refractivity contribution in [3.63, 3.8) is 0 Å². The minimum atomic E-state index is -4.55. The summed E-state index contributed by atoms with van der Waals surface area (Å²) in [6.07, 6.45) is -1.42. The van der Waals surface area contributed by atoms with Gasteiger partial charge in [-0.05, 0) is 24.7 Å². The molecule has 0 spiro atoms. The summed E-state index contributed by atoms with van der Waals surface area (Å²) in [6, 6.07) is 0.677. The van der Waals surface area contributed by atoms with Crippen LogP contribution in [0.2, 0.25) is 0 Å². The van der Waals surface area contributed by atoms with Crippen LogP contribution in [0, 0.1) is 0 Å². The number of aromatic nitrogens is 5. The first-order valence-corrected chi connectivity index (χ1v) is 10.5. The summed E-state index contributed by atoms with van der Waals surface area (Å²) in [7, 11) is 5.03. The van der Waals surface area contributed by atoms with Crippen molar-refractivity contribution in [1.82, 2.24) is 29.2 Å². The summed E-state index contributed by atoms with van der Waals surface area (Å²) in [5.41, 5.74) is 1.02. The lowest BCUT2D eigenvalue weighted by atomic mass is 10.2. The summed E-state index contributed by atoms with van der Waals surface area (Å²) in [6.45, 7) is 2.00. The van der Waals surface area contributed by atoms with Crippen LogP contribution in [-0.2, 0) is 13.2 Å². The van der Waals surface area contributed by atoms with Crippen LogP contribution in [0.3, 0.4) is 0 Å². The number of carbonyl (C=O) groups is 1. The van der Waals surface area contributed by atoms with Gasteiger partial charge in [-0.25, -0.2) is 14.8 Å². The lowest BCUT2D eigenvalue weighted by molar-refractivity contribution is -0.141. The molecule has 0 aromatic carbocycles. The largest absolute Gasteiger partial charge is 0.433 e. The van der Waals surface area contributed by atoms with E-state index in [4.69, 9.17) is 0 Å². The summed E-state index contributed by atoms with van der Waals surface area (Å²) in [5, 5.41) is 4.59. The van der Waals surface area contributed by atoms with Gasteiger partial charge in [0.25, 0.3) is 0 Å². The van der Waals surface area contributed by atoms with Crippen LogP contribution in [0.5, 0.6) is 0 Å². The molecule has 3 aromatic heterocycles. The monoisotopic (exact) mass is 438 g/mol. The molecule has 0 saturated heterocycles. The van der Waals surface area contributed by atoms with Gasteiger partial charge in [-0.1, -0.05) is 6.92 Å². The number of amides is 1. The van der Waals surface area contributed by atoms with E-state index in [1.807, 2.05) is 6.92 Å². The third-order valence-corrected chi connectivity index (χ3v) is 5.94. The molecule has 160 valence electrons. The van der Waals surface area contributed by atoms with Crippen molar-refractivity contribution in [2.24, 2.45) is 7.05 Å². The number of thioether (sulfide) groups is 1. The number of alkyl halides is 3. The number of hydrogen-bond acceptors (Lipinski definition) is 5. The minimum absolute atomic E-state index is 0.184. The van der Waals surface area contributed by atoms with E-state index in [2.05, 4.69) is 15.1 Å². The van der Waals surface area contributed by atoms with Crippen molar-refractivity contribution in [3.8, 4) is 11.5 Å². The molecule has 0 N–H and O–H groups in total. The zero-order chi connectivity index (χ0) is 21.8. The molecule has 11 heteroatoms. The zero-order valence-electron chi connectivity index (χ0n) is 17.0. The molecule has 0 aliphatic heterocycles. The first-order valence-electron chi connectivity index (χ1n) is 9.50. The second kappa shape index (κ2) is 7.29. The molecule has 1 aliphatic carbocycles. The summed E-state index contributed by atoms with van der Waals surface area (Å²) in [4.78, 5) is 23.1. The number of hydrogen-bond donors (Lipinski definition) is 0. The lowest BCUT2D eigenvalue weighted by Gasteiger charge is -2.12. The summed E-state index contributed by atoms with van der Waals surface area (Å²) in [5.74, 6) is 1.42. The van der Waals surface area contributed by atoms with Crippen molar-refractivity contribution >= 4 is 28.8 Å². The van der Waals surface area contributed by atoms with Gasteiger partial charge in [-0.15, -0.1) is 11.8 Å². The van der Waals surface area contributed by atoms with E-state index in [0.717, 1.165) is 35.3 Å². The molecule has 3 aromatic rings. The third kappa shape index (κ3) is 3.44. The first kappa shape index (κ1) is 20.7. The average Bonchev–Trinajstić information content (AvgIpc) is 3.38.